The van der Waals surface area contributed by atoms with Gasteiger partial charge in [-0.1, -0.05) is 23.2 Å². The third-order valence-corrected chi connectivity index (χ3v) is 9.39. The Morgan fingerprint density at radius 3 is 2.49 bits per heavy atom. The monoisotopic (exact) mass is 595 g/mol. The van der Waals surface area contributed by atoms with E-state index in [9.17, 15) is 8.42 Å². The maximum atomic E-state index is 12.6. The molecule has 0 atom stereocenters. The Hall–Kier alpha value is -2.60. The molecule has 2 heterocycles. The van der Waals surface area contributed by atoms with E-state index < -0.39 is 20.1 Å². The van der Waals surface area contributed by atoms with Crippen molar-refractivity contribution in [2.24, 2.45) is 0 Å². The van der Waals surface area contributed by atoms with E-state index in [2.05, 4.69) is 37.9 Å². The van der Waals surface area contributed by atoms with Crippen LogP contribution in [-0.4, -0.2) is 66.9 Å². The summed E-state index contributed by atoms with van der Waals surface area (Å²) in [6.07, 6.45) is 7.01. The zero-order valence-electron chi connectivity index (χ0n) is 22.5. The standard InChI is InChI=1S/C26H35Cl2N7O3S/c1-15(2)39(36,37)24(29)22(14-30-3)32-25-20(28)13-31-26(34-25)33-21-12-19(27)18(11-23(21)38-17-5-6-17)16-7-9-35(4)10-8-16/h11-17,29-30H,5-10H2,1-4H3,(H2,31,32,33,34)/b22-14+,29-24?. The molecule has 1 saturated heterocycles. The second-order valence-corrected chi connectivity index (χ2v) is 13.4. The third kappa shape index (κ3) is 7.13. The maximum absolute atomic E-state index is 12.6. The van der Waals surface area contributed by atoms with E-state index in [1.165, 1.54) is 26.2 Å². The summed E-state index contributed by atoms with van der Waals surface area (Å²) in [6.45, 7) is 5.08. The molecular weight excluding hydrogens is 561 g/mol. The molecule has 1 aliphatic carbocycles. The largest absolute Gasteiger partial charge is 0.488 e. The number of sulfone groups is 1. The highest BCUT2D eigenvalue weighted by molar-refractivity contribution is 8.07. The van der Waals surface area contributed by atoms with Crippen LogP contribution in [0.2, 0.25) is 10.0 Å². The van der Waals surface area contributed by atoms with Crippen LogP contribution in [0.5, 0.6) is 5.75 Å². The minimum atomic E-state index is -3.85. The minimum Gasteiger partial charge on any atom is -0.488 e. The van der Waals surface area contributed by atoms with E-state index in [4.69, 9.17) is 33.3 Å². The van der Waals surface area contributed by atoms with E-state index in [0.29, 0.717) is 22.4 Å². The van der Waals surface area contributed by atoms with Gasteiger partial charge in [0.05, 0.1) is 28.9 Å². The van der Waals surface area contributed by atoms with Crippen LogP contribution in [0.25, 0.3) is 0 Å². The molecule has 0 bridgehead atoms. The molecule has 1 aromatic heterocycles. The number of benzene rings is 1. The summed E-state index contributed by atoms with van der Waals surface area (Å²) < 4.78 is 31.5. The van der Waals surface area contributed by atoms with Gasteiger partial charge in [0.1, 0.15) is 10.8 Å². The molecule has 10 nitrogen and oxygen atoms in total. The minimum absolute atomic E-state index is 0.000954. The van der Waals surface area contributed by atoms with Crippen LogP contribution < -0.4 is 20.7 Å². The Kier molecular flexibility index (Phi) is 9.25. The van der Waals surface area contributed by atoms with Crippen LogP contribution in [0.3, 0.4) is 0 Å². The molecule has 0 spiro atoms. The van der Waals surface area contributed by atoms with Gasteiger partial charge >= 0.3 is 0 Å². The Bertz CT molecular complexity index is 1360. The molecule has 212 valence electrons. The summed E-state index contributed by atoms with van der Waals surface area (Å²) in [5, 5.41) is 16.6. The highest BCUT2D eigenvalue weighted by atomic mass is 35.5. The summed E-state index contributed by atoms with van der Waals surface area (Å²) in [5.41, 5.74) is 1.70. The maximum Gasteiger partial charge on any atom is 0.229 e. The van der Waals surface area contributed by atoms with Crippen molar-refractivity contribution < 1.29 is 13.2 Å². The molecule has 1 saturated carbocycles. The Balaban J connectivity index is 1.61. The van der Waals surface area contributed by atoms with Gasteiger partial charge in [-0.05, 0) is 83.3 Å². The van der Waals surface area contributed by atoms with Crippen LogP contribution in [-0.2, 0) is 9.84 Å². The second-order valence-electron chi connectivity index (χ2n) is 10.2. The average Bonchev–Trinajstić information content (AvgIpc) is 3.71. The Morgan fingerprint density at radius 1 is 1.18 bits per heavy atom. The number of hydrogen-bond donors (Lipinski definition) is 4. The highest BCUT2D eigenvalue weighted by Gasteiger charge is 2.29. The molecule has 0 amide bonds. The van der Waals surface area contributed by atoms with E-state index in [0.717, 1.165) is 44.3 Å². The topological polar surface area (TPSA) is 132 Å². The lowest BCUT2D eigenvalue weighted by Gasteiger charge is -2.30. The number of hydrogen-bond acceptors (Lipinski definition) is 10. The Labute approximate surface area is 240 Å². The second kappa shape index (κ2) is 12.3. The van der Waals surface area contributed by atoms with Crippen molar-refractivity contribution in [2.75, 3.05) is 37.8 Å². The summed E-state index contributed by atoms with van der Waals surface area (Å²) in [6, 6.07) is 3.87. The van der Waals surface area contributed by atoms with Crippen molar-refractivity contribution in [2.45, 2.75) is 56.8 Å². The van der Waals surface area contributed by atoms with Gasteiger partial charge in [0, 0.05) is 18.3 Å². The highest BCUT2D eigenvalue weighted by Crippen LogP contribution is 2.41. The fraction of sp³-hybridized carbons (Fsp3) is 0.500. The third-order valence-electron chi connectivity index (χ3n) is 6.76. The number of nitrogens with zero attached hydrogens (tertiary/aromatic N) is 3. The molecule has 39 heavy (non-hydrogen) atoms. The van der Waals surface area contributed by atoms with Crippen molar-refractivity contribution in [3.8, 4) is 5.75 Å². The Morgan fingerprint density at radius 2 is 1.87 bits per heavy atom. The van der Waals surface area contributed by atoms with Crippen LogP contribution >= 0.6 is 23.2 Å². The smallest absolute Gasteiger partial charge is 0.229 e. The van der Waals surface area contributed by atoms with Crippen molar-refractivity contribution in [1.29, 1.82) is 5.41 Å². The van der Waals surface area contributed by atoms with E-state index in [-0.39, 0.29) is 28.6 Å². The number of piperidine rings is 1. The van der Waals surface area contributed by atoms with Gasteiger partial charge in [-0.2, -0.15) is 4.98 Å². The summed E-state index contributed by atoms with van der Waals surface area (Å²) in [4.78, 5) is 11.1. The summed E-state index contributed by atoms with van der Waals surface area (Å²) >= 11 is 13.1. The molecular formula is C26H35Cl2N7O3S. The number of ether oxygens (including phenoxy) is 1. The van der Waals surface area contributed by atoms with Gasteiger partial charge in [0.2, 0.25) is 5.95 Å². The molecule has 1 aliphatic heterocycles. The first kappa shape index (κ1) is 29.4. The summed E-state index contributed by atoms with van der Waals surface area (Å²) in [7, 11) is -0.113. The zero-order valence-corrected chi connectivity index (χ0v) is 24.8. The number of likely N-dealkylation sites (tertiary alicyclic amines) is 1. The van der Waals surface area contributed by atoms with Crippen LogP contribution in [0.1, 0.15) is 51.0 Å². The SMILES string of the molecule is CN/C=C(/Nc1nc(Nc2cc(Cl)c(C3CCN(C)CC3)cc2OC2CC2)ncc1Cl)C(=N)S(=O)(=O)C(C)C. The predicted octanol–water partition coefficient (Wildman–Crippen LogP) is 5.15. The average molecular weight is 597 g/mol. The molecule has 2 aliphatic rings. The van der Waals surface area contributed by atoms with Crippen LogP contribution in [0.4, 0.5) is 17.5 Å². The van der Waals surface area contributed by atoms with Crippen LogP contribution in [0, 0.1) is 5.41 Å². The molecule has 0 radical (unpaired) electrons. The molecule has 2 fully saturated rings. The molecule has 13 heteroatoms. The number of nitrogens with one attached hydrogen (secondary N) is 4. The zero-order chi connectivity index (χ0) is 28.3. The fourth-order valence-corrected chi connectivity index (χ4v) is 5.56. The van der Waals surface area contributed by atoms with Gasteiger partial charge < -0.3 is 25.6 Å². The number of rotatable bonds is 10. The first-order valence-corrected chi connectivity index (χ1v) is 15.2. The van der Waals surface area contributed by atoms with Crippen molar-refractivity contribution in [3.05, 3.63) is 45.8 Å². The quantitative estimate of drug-likeness (QED) is 0.217. The molecule has 4 rings (SSSR count). The van der Waals surface area contributed by atoms with Gasteiger partial charge in [-0.25, -0.2) is 13.4 Å². The first-order chi connectivity index (χ1) is 18.5. The van der Waals surface area contributed by atoms with Gasteiger partial charge in [-0.15, -0.1) is 0 Å². The molecule has 1 aromatic carbocycles. The van der Waals surface area contributed by atoms with E-state index in [1.807, 2.05) is 12.1 Å². The fourth-order valence-electron chi connectivity index (χ4n) is 4.22. The number of anilines is 3. The molecule has 0 unspecified atom stereocenters. The van der Waals surface area contributed by atoms with Crippen LogP contribution in [0.15, 0.2) is 30.2 Å². The van der Waals surface area contributed by atoms with Gasteiger partial charge in [-0.3, -0.25) is 5.41 Å². The first-order valence-electron chi connectivity index (χ1n) is 12.9. The number of aromatic nitrogens is 2. The van der Waals surface area contributed by atoms with Crippen molar-refractivity contribution in [1.82, 2.24) is 20.2 Å². The summed E-state index contributed by atoms with van der Waals surface area (Å²) in [5.74, 6) is 1.39. The van der Waals surface area contributed by atoms with Crippen molar-refractivity contribution >= 4 is 55.5 Å². The van der Waals surface area contributed by atoms with E-state index >= 15 is 0 Å². The lowest BCUT2D eigenvalue weighted by atomic mass is 9.89. The predicted molar refractivity (Wildman–Crippen MR) is 157 cm³/mol. The van der Waals surface area contributed by atoms with Gasteiger partial charge in [0.15, 0.2) is 20.7 Å². The van der Waals surface area contributed by atoms with Gasteiger partial charge in [0.25, 0.3) is 0 Å². The lowest BCUT2D eigenvalue weighted by molar-refractivity contribution is 0.254. The molecule has 4 N–H and O–H groups in total. The van der Waals surface area contributed by atoms with E-state index in [1.54, 1.807) is 7.05 Å². The normalized spacial score (nSPS) is 17.3. The lowest BCUT2D eigenvalue weighted by Crippen LogP contribution is -2.29. The van der Waals surface area contributed by atoms with Crippen molar-refractivity contribution in [3.63, 3.8) is 0 Å². The molecule has 2 aromatic rings. The number of halogens is 2.